The summed E-state index contributed by atoms with van der Waals surface area (Å²) < 4.78 is 0. The summed E-state index contributed by atoms with van der Waals surface area (Å²) in [5.41, 5.74) is 0.123. The zero-order chi connectivity index (χ0) is 14.4. The number of nitrogens with one attached hydrogen (secondary N) is 2. The molecule has 1 fully saturated rings. The van der Waals surface area contributed by atoms with Gasteiger partial charge in [0.05, 0.1) is 5.56 Å². The van der Waals surface area contributed by atoms with Gasteiger partial charge in [-0.3, -0.25) is 10.2 Å². The molecule has 0 radical (unpaired) electrons. The van der Waals surface area contributed by atoms with E-state index in [0.717, 1.165) is 31.1 Å². The van der Waals surface area contributed by atoms with Crippen molar-refractivity contribution in [1.29, 1.82) is 0 Å². The Morgan fingerprint density at radius 2 is 2.10 bits per heavy atom. The molecule has 0 bridgehead atoms. The van der Waals surface area contributed by atoms with E-state index in [2.05, 4.69) is 15.5 Å². The Morgan fingerprint density at radius 1 is 1.35 bits per heavy atom. The molecule has 1 aliphatic rings. The van der Waals surface area contributed by atoms with Crippen molar-refractivity contribution in [3.8, 4) is 0 Å². The minimum atomic E-state index is -1.03. The van der Waals surface area contributed by atoms with Crippen molar-refractivity contribution in [2.45, 2.75) is 0 Å². The summed E-state index contributed by atoms with van der Waals surface area (Å²) in [5.74, 6) is 1.25. The first-order valence-electron chi connectivity index (χ1n) is 6.32. The number of nitrogens with zero attached hydrogens (tertiary/aromatic N) is 1. The van der Waals surface area contributed by atoms with E-state index in [1.165, 1.54) is 17.4 Å². The fourth-order valence-corrected chi connectivity index (χ4v) is 3.63. The van der Waals surface area contributed by atoms with Crippen molar-refractivity contribution in [2.24, 2.45) is 0 Å². The van der Waals surface area contributed by atoms with Crippen molar-refractivity contribution < 1.29 is 14.7 Å². The van der Waals surface area contributed by atoms with Crippen LogP contribution in [0.1, 0.15) is 10.4 Å². The van der Waals surface area contributed by atoms with E-state index >= 15 is 0 Å². The average Bonchev–Trinajstić information content (AvgIpc) is 2.88. The largest absolute Gasteiger partial charge is 0.478 e. The summed E-state index contributed by atoms with van der Waals surface area (Å²) in [6.07, 6.45) is 0. The van der Waals surface area contributed by atoms with Gasteiger partial charge >= 0.3 is 12.0 Å². The van der Waals surface area contributed by atoms with Gasteiger partial charge in [0.1, 0.15) is 5.00 Å². The second kappa shape index (κ2) is 7.51. The Balaban J connectivity index is 1.72. The highest BCUT2D eigenvalue weighted by Gasteiger charge is 2.14. The first-order valence-corrected chi connectivity index (χ1v) is 8.36. The Labute approximate surface area is 125 Å². The lowest BCUT2D eigenvalue weighted by atomic mass is 10.3. The molecular weight excluding hydrogens is 298 g/mol. The number of urea groups is 1. The number of amides is 2. The Bertz CT molecular complexity index is 472. The van der Waals surface area contributed by atoms with Gasteiger partial charge in [-0.1, -0.05) is 0 Å². The van der Waals surface area contributed by atoms with E-state index in [1.54, 1.807) is 5.38 Å². The second-order valence-corrected chi connectivity index (χ2v) is 6.44. The van der Waals surface area contributed by atoms with Gasteiger partial charge in [-0.25, -0.2) is 9.59 Å². The highest BCUT2D eigenvalue weighted by atomic mass is 32.2. The van der Waals surface area contributed by atoms with Crippen LogP contribution in [0.4, 0.5) is 9.80 Å². The maximum Gasteiger partial charge on any atom is 0.338 e. The van der Waals surface area contributed by atoms with Gasteiger partial charge in [0.25, 0.3) is 0 Å². The number of hydrogen-bond acceptors (Lipinski definition) is 5. The van der Waals surface area contributed by atoms with Crippen LogP contribution in [0.15, 0.2) is 11.4 Å². The van der Waals surface area contributed by atoms with E-state index in [-0.39, 0.29) is 11.6 Å². The van der Waals surface area contributed by atoms with Gasteiger partial charge in [-0.15, -0.1) is 11.3 Å². The first kappa shape index (κ1) is 15.1. The highest BCUT2D eigenvalue weighted by molar-refractivity contribution is 7.99. The van der Waals surface area contributed by atoms with Crippen LogP contribution in [0.2, 0.25) is 0 Å². The molecule has 0 aliphatic carbocycles. The number of carbonyl (C=O) groups is 2. The number of carboxylic acid groups (broad SMARTS) is 1. The number of rotatable bonds is 5. The molecule has 0 spiro atoms. The van der Waals surface area contributed by atoms with Crippen LogP contribution in [-0.2, 0) is 0 Å². The lowest BCUT2D eigenvalue weighted by molar-refractivity contribution is 0.0698. The first-order chi connectivity index (χ1) is 9.66. The number of carbonyl (C=O) groups excluding carboxylic acids is 1. The molecule has 1 aromatic heterocycles. The topological polar surface area (TPSA) is 81.7 Å². The van der Waals surface area contributed by atoms with Crippen molar-refractivity contribution in [1.82, 2.24) is 10.2 Å². The van der Waals surface area contributed by atoms with Gasteiger partial charge in [0.2, 0.25) is 0 Å². The van der Waals surface area contributed by atoms with Gasteiger partial charge in [-0.05, 0) is 11.4 Å². The summed E-state index contributed by atoms with van der Waals surface area (Å²) in [6.45, 7) is 3.50. The predicted molar refractivity (Wildman–Crippen MR) is 82.1 cm³/mol. The van der Waals surface area contributed by atoms with E-state index in [4.69, 9.17) is 5.11 Å². The molecule has 0 aromatic carbocycles. The molecule has 20 heavy (non-hydrogen) atoms. The third-order valence-electron chi connectivity index (χ3n) is 2.94. The summed E-state index contributed by atoms with van der Waals surface area (Å²) >= 11 is 3.15. The van der Waals surface area contributed by atoms with Crippen LogP contribution >= 0.6 is 23.1 Å². The number of anilines is 1. The molecule has 0 unspecified atom stereocenters. The smallest absolute Gasteiger partial charge is 0.338 e. The third-order valence-corrected chi connectivity index (χ3v) is 4.71. The molecular formula is C12H17N3O3S2. The summed E-state index contributed by atoms with van der Waals surface area (Å²) in [6, 6.07) is 1.12. The van der Waals surface area contributed by atoms with Gasteiger partial charge in [-0.2, -0.15) is 11.8 Å². The summed E-state index contributed by atoms with van der Waals surface area (Å²) in [5, 5.41) is 16.3. The van der Waals surface area contributed by atoms with Crippen molar-refractivity contribution in [3.05, 3.63) is 17.0 Å². The van der Waals surface area contributed by atoms with Crippen LogP contribution in [-0.4, -0.2) is 59.7 Å². The standard InChI is InChI=1S/C12H17N3O3S2/c16-11(17)9-1-6-20-10(9)14-12(18)13-2-3-15-4-7-19-8-5-15/h1,6H,2-5,7-8H2,(H,16,17)(H2,13,14,18). The molecule has 3 N–H and O–H groups in total. The number of aromatic carboxylic acids is 1. The fourth-order valence-electron chi connectivity index (χ4n) is 1.87. The van der Waals surface area contributed by atoms with Crippen LogP contribution in [0.25, 0.3) is 0 Å². The summed E-state index contributed by atoms with van der Waals surface area (Å²) in [4.78, 5) is 24.9. The summed E-state index contributed by atoms with van der Waals surface area (Å²) in [7, 11) is 0. The Hall–Kier alpha value is -1.25. The minimum Gasteiger partial charge on any atom is -0.478 e. The second-order valence-electron chi connectivity index (χ2n) is 4.30. The quantitative estimate of drug-likeness (QED) is 0.769. The monoisotopic (exact) mass is 315 g/mol. The molecule has 110 valence electrons. The molecule has 2 heterocycles. The number of thioether (sulfide) groups is 1. The average molecular weight is 315 g/mol. The molecule has 1 aromatic rings. The van der Waals surface area contributed by atoms with Crippen molar-refractivity contribution in [3.63, 3.8) is 0 Å². The highest BCUT2D eigenvalue weighted by Crippen LogP contribution is 2.22. The molecule has 0 atom stereocenters. The SMILES string of the molecule is O=C(NCCN1CCSCC1)Nc1sccc1C(=O)O. The van der Waals surface area contributed by atoms with Crippen molar-refractivity contribution >= 4 is 40.1 Å². The zero-order valence-corrected chi connectivity index (χ0v) is 12.6. The molecule has 1 saturated heterocycles. The lowest BCUT2D eigenvalue weighted by Crippen LogP contribution is -2.40. The van der Waals surface area contributed by atoms with Crippen LogP contribution in [0, 0.1) is 0 Å². The maximum atomic E-state index is 11.7. The van der Waals surface area contributed by atoms with E-state index in [0.29, 0.717) is 11.5 Å². The number of carboxylic acids is 1. The molecule has 8 heteroatoms. The molecule has 2 rings (SSSR count). The van der Waals surface area contributed by atoms with Crippen LogP contribution in [0.3, 0.4) is 0 Å². The van der Waals surface area contributed by atoms with Gasteiger partial charge in [0.15, 0.2) is 0 Å². The minimum absolute atomic E-state index is 0.123. The van der Waals surface area contributed by atoms with Gasteiger partial charge < -0.3 is 10.4 Å². The molecule has 0 saturated carbocycles. The predicted octanol–water partition coefficient (Wildman–Crippen LogP) is 1.62. The molecule has 2 amide bonds. The molecule has 1 aliphatic heterocycles. The van der Waals surface area contributed by atoms with E-state index in [9.17, 15) is 9.59 Å². The Kier molecular flexibility index (Phi) is 5.69. The Morgan fingerprint density at radius 3 is 2.80 bits per heavy atom. The van der Waals surface area contributed by atoms with E-state index in [1.807, 2.05) is 11.8 Å². The number of hydrogen-bond donors (Lipinski definition) is 3. The number of thiophene rings is 1. The molecule has 6 nitrogen and oxygen atoms in total. The lowest BCUT2D eigenvalue weighted by Gasteiger charge is -2.25. The van der Waals surface area contributed by atoms with E-state index < -0.39 is 5.97 Å². The third kappa shape index (κ3) is 4.39. The van der Waals surface area contributed by atoms with Crippen LogP contribution < -0.4 is 10.6 Å². The van der Waals surface area contributed by atoms with Crippen LogP contribution in [0.5, 0.6) is 0 Å². The fraction of sp³-hybridized carbons (Fsp3) is 0.500. The normalized spacial score (nSPS) is 15.8. The van der Waals surface area contributed by atoms with Crippen molar-refractivity contribution in [2.75, 3.05) is 43.0 Å². The van der Waals surface area contributed by atoms with Gasteiger partial charge in [0, 0.05) is 37.7 Å². The zero-order valence-electron chi connectivity index (χ0n) is 10.9. The maximum absolute atomic E-state index is 11.7.